The zero-order valence-electron chi connectivity index (χ0n) is 17.8. The van der Waals surface area contributed by atoms with E-state index < -0.39 is 12.0 Å². The molecule has 0 fully saturated rings. The van der Waals surface area contributed by atoms with Crippen LogP contribution in [0.5, 0.6) is 0 Å². The lowest BCUT2D eigenvalue weighted by Gasteiger charge is -2.14. The monoisotopic (exact) mass is 398 g/mol. The van der Waals surface area contributed by atoms with E-state index in [0.717, 1.165) is 12.8 Å². The van der Waals surface area contributed by atoms with Gasteiger partial charge in [0.2, 0.25) is 0 Å². The summed E-state index contributed by atoms with van der Waals surface area (Å²) in [6.07, 6.45) is 11.1. The quantitative estimate of drug-likeness (QED) is 0.191. The highest BCUT2D eigenvalue weighted by Gasteiger charge is 2.18. The number of aliphatic imine (C=N–C) groups is 1. The highest BCUT2D eigenvalue weighted by Crippen LogP contribution is 2.21. The second-order valence-electron chi connectivity index (χ2n) is 7.12. The maximum atomic E-state index is 12.4. The minimum Gasteiger partial charge on any atom is -0.464 e. The van der Waals surface area contributed by atoms with Crippen LogP contribution >= 0.6 is 0 Å². The van der Waals surface area contributed by atoms with E-state index in [1.54, 1.807) is 31.2 Å². The van der Waals surface area contributed by atoms with E-state index in [4.69, 9.17) is 4.74 Å². The van der Waals surface area contributed by atoms with Crippen molar-refractivity contribution >= 4 is 30.4 Å². The fourth-order valence-electron chi connectivity index (χ4n) is 2.94. The number of unbranched alkanes of at least 4 members (excludes halogenated alkanes) is 7. The van der Waals surface area contributed by atoms with Gasteiger partial charge < -0.3 is 10.1 Å². The van der Waals surface area contributed by atoms with Crippen LogP contribution in [-0.2, 0) is 9.53 Å². The Balaban J connectivity index is 2.37. The molecule has 0 heterocycles. The van der Waals surface area contributed by atoms with Crippen molar-refractivity contribution in [2.75, 3.05) is 6.61 Å². The Bertz CT molecular complexity index is 721. The lowest BCUT2D eigenvalue weighted by atomic mass is 10.1. The van der Waals surface area contributed by atoms with Crippen molar-refractivity contribution in [2.24, 2.45) is 4.99 Å². The molecule has 0 saturated carbocycles. The van der Waals surface area contributed by atoms with Crippen LogP contribution in [0.25, 0.3) is 6.08 Å². The first-order valence-corrected chi connectivity index (χ1v) is 10.5. The lowest BCUT2D eigenvalue weighted by Crippen LogP contribution is -2.39. The third kappa shape index (κ3) is 9.40. The number of carbonyl (C=O) groups is 2. The SMILES string of the molecule is C=C=Cc1cc(C(=O)N[C@@H](C)C(=O)OCCCCCCCCCC)ccc1N=C. The van der Waals surface area contributed by atoms with Crippen molar-refractivity contribution < 1.29 is 14.3 Å². The Hall–Kier alpha value is -2.65. The molecule has 0 bridgehead atoms. The Kier molecular flexibility index (Phi) is 12.1. The fraction of sp³-hybridized carbons (Fsp3) is 0.500. The second-order valence-corrected chi connectivity index (χ2v) is 7.12. The molecule has 1 amide bonds. The van der Waals surface area contributed by atoms with E-state index in [2.05, 4.69) is 36.3 Å². The standard InChI is InChI=1S/C24H34N2O3/c1-5-7-8-9-10-11-12-13-17-29-24(28)19(3)26-23(27)21-15-16-22(25-4)20(18-21)14-6-2/h14-16,18-19H,2,4-5,7-13,17H2,1,3H3,(H,26,27)/t19-/m0/s1. The summed E-state index contributed by atoms with van der Waals surface area (Å²) in [5, 5.41) is 2.67. The Labute approximate surface area is 175 Å². The molecule has 0 unspecified atom stereocenters. The number of rotatable bonds is 14. The molecular formula is C24H34N2O3. The highest BCUT2D eigenvalue weighted by molar-refractivity contribution is 5.97. The van der Waals surface area contributed by atoms with Crippen LogP contribution in [0.3, 0.4) is 0 Å². The molecule has 5 heteroatoms. The molecular weight excluding hydrogens is 364 g/mol. The van der Waals surface area contributed by atoms with E-state index >= 15 is 0 Å². The molecule has 1 aromatic rings. The van der Waals surface area contributed by atoms with Gasteiger partial charge in [-0.3, -0.25) is 9.79 Å². The first-order chi connectivity index (χ1) is 14.0. The zero-order chi connectivity index (χ0) is 21.5. The summed E-state index contributed by atoms with van der Waals surface area (Å²) in [5.41, 5.74) is 4.41. The number of esters is 1. The number of amides is 1. The van der Waals surface area contributed by atoms with E-state index in [9.17, 15) is 9.59 Å². The van der Waals surface area contributed by atoms with Crippen LogP contribution in [-0.4, -0.2) is 31.2 Å². The average molecular weight is 399 g/mol. The largest absolute Gasteiger partial charge is 0.464 e. The molecule has 0 spiro atoms. The summed E-state index contributed by atoms with van der Waals surface area (Å²) in [5.74, 6) is -0.771. The van der Waals surface area contributed by atoms with Gasteiger partial charge in [-0.15, -0.1) is 5.73 Å². The molecule has 0 aliphatic carbocycles. The summed E-state index contributed by atoms with van der Waals surface area (Å²) in [4.78, 5) is 28.4. The fourth-order valence-corrected chi connectivity index (χ4v) is 2.94. The molecule has 1 rings (SSSR count). The van der Waals surface area contributed by atoms with Gasteiger partial charge in [-0.1, -0.05) is 58.4 Å². The predicted octanol–water partition coefficient (Wildman–Crippen LogP) is 5.62. The van der Waals surface area contributed by atoms with Gasteiger partial charge in [0.25, 0.3) is 5.91 Å². The molecule has 0 aliphatic heterocycles. The Morgan fingerprint density at radius 3 is 2.45 bits per heavy atom. The third-order valence-corrected chi connectivity index (χ3v) is 4.66. The summed E-state index contributed by atoms with van der Waals surface area (Å²) < 4.78 is 5.28. The van der Waals surface area contributed by atoms with Gasteiger partial charge in [-0.05, 0) is 44.3 Å². The van der Waals surface area contributed by atoms with Crippen molar-refractivity contribution in [3.8, 4) is 0 Å². The van der Waals surface area contributed by atoms with Crippen LogP contribution < -0.4 is 5.32 Å². The van der Waals surface area contributed by atoms with Gasteiger partial charge in [0.05, 0.1) is 12.3 Å². The van der Waals surface area contributed by atoms with Crippen LogP contribution in [0.4, 0.5) is 5.69 Å². The first kappa shape index (κ1) is 24.4. The summed E-state index contributed by atoms with van der Waals surface area (Å²) in [6.45, 7) is 11.3. The number of nitrogens with one attached hydrogen (secondary N) is 1. The van der Waals surface area contributed by atoms with Crippen molar-refractivity contribution in [1.29, 1.82) is 0 Å². The zero-order valence-corrected chi connectivity index (χ0v) is 17.8. The molecule has 1 aromatic carbocycles. The van der Waals surface area contributed by atoms with Crippen LogP contribution in [0.2, 0.25) is 0 Å². The molecule has 1 atom stereocenters. The first-order valence-electron chi connectivity index (χ1n) is 10.5. The molecule has 1 N–H and O–H groups in total. The normalized spacial score (nSPS) is 11.2. The third-order valence-electron chi connectivity index (χ3n) is 4.66. The molecule has 0 saturated heterocycles. The molecule has 0 aromatic heterocycles. The van der Waals surface area contributed by atoms with Gasteiger partial charge in [-0.2, -0.15) is 0 Å². The predicted molar refractivity (Wildman–Crippen MR) is 120 cm³/mol. The van der Waals surface area contributed by atoms with Crippen LogP contribution in [0, 0.1) is 0 Å². The van der Waals surface area contributed by atoms with Gasteiger partial charge in [0.15, 0.2) is 0 Å². The van der Waals surface area contributed by atoms with Crippen LogP contribution in [0.15, 0.2) is 35.5 Å². The van der Waals surface area contributed by atoms with E-state index in [0.29, 0.717) is 23.4 Å². The van der Waals surface area contributed by atoms with Crippen LogP contribution in [0.1, 0.15) is 81.1 Å². The molecule has 0 radical (unpaired) electrons. The van der Waals surface area contributed by atoms with Crippen molar-refractivity contribution in [3.05, 3.63) is 41.6 Å². The molecule has 29 heavy (non-hydrogen) atoms. The smallest absolute Gasteiger partial charge is 0.328 e. The molecule has 0 aliphatic rings. The van der Waals surface area contributed by atoms with Crippen molar-refractivity contribution in [3.63, 3.8) is 0 Å². The summed E-state index contributed by atoms with van der Waals surface area (Å²) in [7, 11) is 0. The highest BCUT2D eigenvalue weighted by atomic mass is 16.5. The Morgan fingerprint density at radius 1 is 1.17 bits per heavy atom. The maximum Gasteiger partial charge on any atom is 0.328 e. The average Bonchev–Trinajstić information content (AvgIpc) is 2.72. The van der Waals surface area contributed by atoms with Gasteiger partial charge >= 0.3 is 5.97 Å². The number of hydrogen-bond donors (Lipinski definition) is 1. The molecule has 5 nitrogen and oxygen atoms in total. The minimum absolute atomic E-state index is 0.351. The lowest BCUT2D eigenvalue weighted by molar-refractivity contribution is -0.145. The van der Waals surface area contributed by atoms with Gasteiger partial charge in [0, 0.05) is 11.1 Å². The number of ether oxygens (including phenoxy) is 1. The van der Waals surface area contributed by atoms with E-state index in [-0.39, 0.29) is 5.91 Å². The van der Waals surface area contributed by atoms with Gasteiger partial charge in [0.1, 0.15) is 6.04 Å². The van der Waals surface area contributed by atoms with Crippen molar-refractivity contribution in [2.45, 2.75) is 71.3 Å². The van der Waals surface area contributed by atoms with Crippen molar-refractivity contribution in [1.82, 2.24) is 5.32 Å². The number of hydrogen-bond acceptors (Lipinski definition) is 4. The number of carbonyl (C=O) groups excluding carboxylic acids is 2. The topological polar surface area (TPSA) is 67.8 Å². The number of benzene rings is 1. The maximum absolute atomic E-state index is 12.4. The van der Waals surface area contributed by atoms with Gasteiger partial charge in [-0.25, -0.2) is 4.79 Å². The minimum atomic E-state index is -0.716. The Morgan fingerprint density at radius 2 is 1.83 bits per heavy atom. The number of nitrogens with zero attached hydrogens (tertiary/aromatic N) is 1. The van der Waals surface area contributed by atoms with E-state index in [1.165, 1.54) is 38.5 Å². The molecule has 158 valence electrons. The van der Waals surface area contributed by atoms with E-state index in [1.807, 2.05) is 0 Å². The summed E-state index contributed by atoms with van der Waals surface area (Å²) in [6, 6.07) is 4.28. The summed E-state index contributed by atoms with van der Waals surface area (Å²) >= 11 is 0. The second kappa shape index (κ2) is 14.4.